The first kappa shape index (κ1) is 11.3. The van der Waals surface area contributed by atoms with E-state index in [1.54, 1.807) is 0 Å². The molecule has 2 rings (SSSR count). The summed E-state index contributed by atoms with van der Waals surface area (Å²) in [6.45, 7) is 0. The molecule has 0 radical (unpaired) electrons. The lowest BCUT2D eigenvalue weighted by Crippen LogP contribution is -2.01. The van der Waals surface area contributed by atoms with E-state index in [1.807, 2.05) is 0 Å². The number of carboxylic acids is 1. The monoisotopic (exact) mass is 251 g/mol. The lowest BCUT2D eigenvalue weighted by atomic mass is 10.2. The fourth-order valence-electron chi connectivity index (χ4n) is 1.30. The van der Waals surface area contributed by atoms with E-state index in [-0.39, 0.29) is 16.1 Å². The van der Waals surface area contributed by atoms with Crippen LogP contribution in [-0.2, 0) is 0 Å². The molecule has 17 heavy (non-hydrogen) atoms. The maximum atomic E-state index is 10.9. The van der Waals surface area contributed by atoms with Crippen molar-refractivity contribution in [3.8, 4) is 5.69 Å². The van der Waals surface area contributed by atoms with Crippen molar-refractivity contribution in [1.29, 1.82) is 0 Å². The molecule has 0 fully saturated rings. The van der Waals surface area contributed by atoms with E-state index in [0.717, 1.165) is 0 Å². The Kier molecular flexibility index (Phi) is 2.88. The van der Waals surface area contributed by atoms with Crippen molar-refractivity contribution in [1.82, 2.24) is 14.8 Å². The van der Waals surface area contributed by atoms with Crippen molar-refractivity contribution in [3.05, 3.63) is 40.9 Å². The maximum Gasteiger partial charge on any atom is 0.338 e. The van der Waals surface area contributed by atoms with Gasteiger partial charge in [0.15, 0.2) is 6.29 Å². The Morgan fingerprint density at radius 2 is 2.18 bits per heavy atom. The average Bonchev–Trinajstić information content (AvgIpc) is 2.77. The highest BCUT2D eigenvalue weighted by molar-refractivity contribution is 6.33. The van der Waals surface area contributed by atoms with Crippen LogP contribution < -0.4 is 0 Å². The molecule has 86 valence electrons. The summed E-state index contributed by atoms with van der Waals surface area (Å²) in [6.07, 6.45) is 5.74. The Bertz CT molecular complexity index is 594. The van der Waals surface area contributed by atoms with E-state index in [2.05, 4.69) is 10.1 Å². The second kappa shape index (κ2) is 4.34. The third-order valence-corrected chi connectivity index (χ3v) is 2.41. The summed E-state index contributed by atoms with van der Waals surface area (Å²) in [6, 6.07) is 0. The van der Waals surface area contributed by atoms with Crippen LogP contribution in [0, 0.1) is 0 Å². The van der Waals surface area contributed by atoms with Crippen LogP contribution in [0.2, 0.25) is 5.02 Å². The summed E-state index contributed by atoms with van der Waals surface area (Å²) in [7, 11) is 0. The van der Waals surface area contributed by atoms with Crippen LogP contribution in [0.3, 0.4) is 0 Å². The van der Waals surface area contributed by atoms with Gasteiger partial charge in [0.2, 0.25) is 0 Å². The Labute approximate surface area is 100 Å². The number of hydrogen-bond acceptors (Lipinski definition) is 4. The summed E-state index contributed by atoms with van der Waals surface area (Å²) in [5.74, 6) is -1.10. The standard InChI is InChI=1S/C10H6ClN3O3/c11-8-2-12-3-9(7(8)5-15)14-4-6(1-13-14)10(16)17/h1-5H,(H,16,17). The van der Waals surface area contributed by atoms with Crippen LogP contribution in [0.15, 0.2) is 24.8 Å². The minimum absolute atomic E-state index is 0.0156. The molecule has 2 heterocycles. The predicted molar refractivity (Wildman–Crippen MR) is 58.7 cm³/mol. The summed E-state index contributed by atoms with van der Waals surface area (Å²) in [5.41, 5.74) is 0.559. The molecule has 6 nitrogen and oxygen atoms in total. The van der Waals surface area contributed by atoms with E-state index in [4.69, 9.17) is 16.7 Å². The van der Waals surface area contributed by atoms with Crippen LogP contribution in [-0.4, -0.2) is 32.1 Å². The lowest BCUT2D eigenvalue weighted by molar-refractivity contribution is 0.0696. The van der Waals surface area contributed by atoms with Gasteiger partial charge in [0.25, 0.3) is 0 Å². The molecule has 1 N–H and O–H groups in total. The van der Waals surface area contributed by atoms with E-state index in [9.17, 15) is 9.59 Å². The molecule has 0 spiro atoms. The Morgan fingerprint density at radius 3 is 2.76 bits per heavy atom. The zero-order valence-electron chi connectivity index (χ0n) is 8.37. The Hall–Kier alpha value is -2.21. The van der Waals surface area contributed by atoms with E-state index >= 15 is 0 Å². The van der Waals surface area contributed by atoms with Crippen molar-refractivity contribution in [2.24, 2.45) is 0 Å². The molecule has 0 atom stereocenters. The van der Waals surface area contributed by atoms with Gasteiger partial charge in [0.05, 0.1) is 34.2 Å². The number of halogens is 1. The highest BCUT2D eigenvalue weighted by Crippen LogP contribution is 2.19. The molecule has 0 aliphatic heterocycles. The first-order valence-corrected chi connectivity index (χ1v) is 4.88. The third kappa shape index (κ3) is 2.02. The van der Waals surface area contributed by atoms with Crippen molar-refractivity contribution in [3.63, 3.8) is 0 Å². The minimum Gasteiger partial charge on any atom is -0.478 e. The lowest BCUT2D eigenvalue weighted by Gasteiger charge is -2.04. The number of nitrogens with zero attached hydrogens (tertiary/aromatic N) is 3. The fraction of sp³-hybridized carbons (Fsp3) is 0. The number of pyridine rings is 1. The minimum atomic E-state index is -1.10. The van der Waals surface area contributed by atoms with Crippen molar-refractivity contribution >= 4 is 23.9 Å². The van der Waals surface area contributed by atoms with E-state index in [1.165, 1.54) is 29.5 Å². The second-order valence-electron chi connectivity index (χ2n) is 3.15. The molecule has 2 aromatic heterocycles. The van der Waals surface area contributed by atoms with Gasteiger partial charge in [-0.2, -0.15) is 5.10 Å². The van der Waals surface area contributed by atoms with Gasteiger partial charge in [-0.3, -0.25) is 9.78 Å². The first-order chi connectivity index (χ1) is 8.13. The van der Waals surface area contributed by atoms with Crippen molar-refractivity contribution < 1.29 is 14.7 Å². The van der Waals surface area contributed by atoms with Gasteiger partial charge in [-0.05, 0) is 0 Å². The topological polar surface area (TPSA) is 85.1 Å². The first-order valence-electron chi connectivity index (χ1n) is 4.50. The highest BCUT2D eigenvalue weighted by atomic mass is 35.5. The number of aldehydes is 1. The van der Waals surface area contributed by atoms with Gasteiger partial charge in [0, 0.05) is 12.4 Å². The van der Waals surface area contributed by atoms with Gasteiger partial charge in [0.1, 0.15) is 0 Å². The zero-order chi connectivity index (χ0) is 12.4. The smallest absolute Gasteiger partial charge is 0.338 e. The number of aromatic nitrogens is 3. The van der Waals surface area contributed by atoms with Crippen molar-refractivity contribution in [2.75, 3.05) is 0 Å². The molecule has 0 aliphatic carbocycles. The normalized spacial score (nSPS) is 10.2. The molecule has 2 aromatic rings. The number of carboxylic acid groups (broad SMARTS) is 1. The maximum absolute atomic E-state index is 10.9. The third-order valence-electron chi connectivity index (χ3n) is 2.11. The Morgan fingerprint density at radius 1 is 1.41 bits per heavy atom. The average molecular weight is 252 g/mol. The van der Waals surface area contributed by atoms with Gasteiger partial charge < -0.3 is 5.11 Å². The molecule has 0 unspecified atom stereocenters. The molecule has 0 saturated carbocycles. The number of rotatable bonds is 3. The Balaban J connectivity index is 2.56. The summed E-state index contributed by atoms with van der Waals surface area (Å²) < 4.78 is 1.24. The molecule has 0 amide bonds. The molecule has 0 aliphatic rings. The van der Waals surface area contributed by atoms with Crippen LogP contribution in [0.4, 0.5) is 0 Å². The molecule has 0 aromatic carbocycles. The molecule has 7 heteroatoms. The summed E-state index contributed by atoms with van der Waals surface area (Å²) in [5, 5.41) is 12.8. The highest BCUT2D eigenvalue weighted by Gasteiger charge is 2.12. The number of carbonyl (C=O) groups is 2. The van der Waals surface area contributed by atoms with Crippen molar-refractivity contribution in [2.45, 2.75) is 0 Å². The summed E-state index contributed by atoms with van der Waals surface area (Å²) in [4.78, 5) is 25.4. The summed E-state index contributed by atoms with van der Waals surface area (Å²) >= 11 is 5.80. The zero-order valence-corrected chi connectivity index (χ0v) is 9.13. The second-order valence-corrected chi connectivity index (χ2v) is 3.56. The molecule has 0 bridgehead atoms. The van der Waals surface area contributed by atoms with Gasteiger partial charge >= 0.3 is 5.97 Å². The van der Waals surface area contributed by atoms with Gasteiger partial charge in [-0.25, -0.2) is 9.48 Å². The number of hydrogen-bond donors (Lipinski definition) is 1. The van der Waals surface area contributed by atoms with Gasteiger partial charge in [-0.1, -0.05) is 11.6 Å². The van der Waals surface area contributed by atoms with E-state index in [0.29, 0.717) is 12.0 Å². The van der Waals surface area contributed by atoms with Crippen LogP contribution >= 0.6 is 11.6 Å². The largest absolute Gasteiger partial charge is 0.478 e. The molecular weight excluding hydrogens is 246 g/mol. The van der Waals surface area contributed by atoms with Crippen LogP contribution in [0.25, 0.3) is 5.69 Å². The quantitative estimate of drug-likeness (QED) is 0.834. The number of aromatic carboxylic acids is 1. The predicted octanol–water partition coefficient (Wildman–Crippen LogP) is 1.43. The van der Waals surface area contributed by atoms with E-state index < -0.39 is 5.97 Å². The van der Waals surface area contributed by atoms with Crippen LogP contribution in [0.5, 0.6) is 0 Å². The SMILES string of the molecule is O=Cc1c(Cl)cncc1-n1cc(C(=O)O)cn1. The fourth-order valence-corrected chi connectivity index (χ4v) is 1.50. The molecular formula is C10H6ClN3O3. The molecule has 0 saturated heterocycles. The number of carbonyl (C=O) groups excluding carboxylic acids is 1. The van der Waals surface area contributed by atoms with Gasteiger partial charge in [-0.15, -0.1) is 0 Å². The van der Waals surface area contributed by atoms with Crippen LogP contribution in [0.1, 0.15) is 20.7 Å².